The second kappa shape index (κ2) is 8.41. The number of nitrogens with one attached hydrogen (secondary N) is 2. The van der Waals surface area contributed by atoms with E-state index in [2.05, 4.69) is 20.6 Å². The molecule has 2 heterocycles. The van der Waals surface area contributed by atoms with Gasteiger partial charge in [-0.05, 0) is 38.1 Å². The number of piperidine rings is 1. The SMILES string of the molecule is COc1ccc(NC(=O)N2CCC(F)(CNc3cc(C)nc(C)n3)CC2)cc1. The molecule has 3 rings (SSSR count). The molecular formula is C20H26FN5O2. The molecule has 0 aliphatic carbocycles. The van der Waals surface area contributed by atoms with Crippen LogP contribution in [0.1, 0.15) is 24.4 Å². The second-order valence-corrected chi connectivity index (χ2v) is 7.09. The molecule has 28 heavy (non-hydrogen) atoms. The van der Waals surface area contributed by atoms with E-state index in [0.29, 0.717) is 30.4 Å². The molecule has 1 fully saturated rings. The number of nitrogens with zero attached hydrogens (tertiary/aromatic N) is 3. The first-order chi connectivity index (χ1) is 13.4. The number of aryl methyl sites for hydroxylation is 2. The number of halogens is 1. The molecular weight excluding hydrogens is 361 g/mol. The highest BCUT2D eigenvalue weighted by Gasteiger charge is 2.36. The van der Waals surface area contributed by atoms with E-state index in [9.17, 15) is 4.79 Å². The van der Waals surface area contributed by atoms with Gasteiger partial charge < -0.3 is 20.3 Å². The summed E-state index contributed by atoms with van der Waals surface area (Å²) in [6.07, 6.45) is 0.554. The van der Waals surface area contributed by atoms with Gasteiger partial charge in [-0.25, -0.2) is 19.2 Å². The molecule has 0 spiro atoms. The highest BCUT2D eigenvalue weighted by Crippen LogP contribution is 2.27. The molecule has 2 amide bonds. The number of likely N-dealkylation sites (tertiary alicyclic amines) is 1. The summed E-state index contributed by atoms with van der Waals surface area (Å²) in [5, 5.41) is 5.91. The summed E-state index contributed by atoms with van der Waals surface area (Å²) in [6.45, 7) is 4.58. The summed E-state index contributed by atoms with van der Waals surface area (Å²) in [4.78, 5) is 22.6. The Morgan fingerprint density at radius 3 is 2.50 bits per heavy atom. The van der Waals surface area contributed by atoms with Gasteiger partial charge in [0.05, 0.1) is 13.7 Å². The van der Waals surface area contributed by atoms with Crippen LogP contribution in [-0.4, -0.2) is 53.3 Å². The summed E-state index contributed by atoms with van der Waals surface area (Å²) in [5.41, 5.74) is 0.149. The van der Waals surface area contributed by atoms with E-state index in [4.69, 9.17) is 4.74 Å². The number of rotatable bonds is 5. The standard InChI is InChI=1S/C20H26FN5O2/c1-14-12-18(24-15(2)23-14)22-13-20(21)8-10-26(11-9-20)19(27)25-16-4-6-17(28-3)7-5-16/h4-7,12H,8-11,13H2,1-3H3,(H,25,27)(H,22,23,24). The average molecular weight is 387 g/mol. The largest absolute Gasteiger partial charge is 0.497 e. The normalized spacial score (nSPS) is 15.8. The zero-order valence-corrected chi connectivity index (χ0v) is 16.5. The van der Waals surface area contributed by atoms with Crippen LogP contribution in [0, 0.1) is 13.8 Å². The van der Waals surface area contributed by atoms with Gasteiger partial charge in [-0.3, -0.25) is 0 Å². The van der Waals surface area contributed by atoms with Crippen LogP contribution in [0.3, 0.4) is 0 Å². The number of hydrogen-bond acceptors (Lipinski definition) is 5. The van der Waals surface area contributed by atoms with Gasteiger partial charge in [-0.2, -0.15) is 0 Å². The summed E-state index contributed by atoms with van der Waals surface area (Å²) in [7, 11) is 1.59. The third-order valence-corrected chi connectivity index (χ3v) is 4.84. The third-order valence-electron chi connectivity index (χ3n) is 4.84. The highest BCUT2D eigenvalue weighted by atomic mass is 19.1. The Labute approximate surface area is 164 Å². The lowest BCUT2D eigenvalue weighted by molar-refractivity contribution is 0.0853. The van der Waals surface area contributed by atoms with E-state index in [1.165, 1.54) is 0 Å². The number of anilines is 2. The Hall–Kier alpha value is -2.90. The predicted molar refractivity (Wildman–Crippen MR) is 107 cm³/mol. The number of aromatic nitrogens is 2. The summed E-state index contributed by atoms with van der Waals surface area (Å²) >= 11 is 0. The number of amides is 2. The van der Waals surface area contributed by atoms with E-state index >= 15 is 4.39 Å². The molecule has 8 heteroatoms. The lowest BCUT2D eigenvalue weighted by Crippen LogP contribution is -2.48. The van der Waals surface area contributed by atoms with Crippen LogP contribution >= 0.6 is 0 Å². The summed E-state index contributed by atoms with van der Waals surface area (Å²) in [6, 6.07) is 8.68. The third kappa shape index (κ3) is 5.09. The lowest BCUT2D eigenvalue weighted by atomic mass is 9.93. The zero-order valence-electron chi connectivity index (χ0n) is 16.5. The molecule has 2 aromatic rings. The molecule has 1 aliphatic rings. The maximum atomic E-state index is 15.1. The Balaban J connectivity index is 1.50. The number of urea groups is 1. The van der Waals surface area contributed by atoms with Crippen molar-refractivity contribution < 1.29 is 13.9 Å². The van der Waals surface area contributed by atoms with E-state index in [0.717, 1.165) is 11.4 Å². The van der Waals surface area contributed by atoms with Crippen molar-refractivity contribution in [2.75, 3.05) is 37.4 Å². The van der Waals surface area contributed by atoms with Crippen molar-refractivity contribution in [2.45, 2.75) is 32.4 Å². The van der Waals surface area contributed by atoms with Crippen LogP contribution in [-0.2, 0) is 0 Å². The van der Waals surface area contributed by atoms with Crippen LogP contribution in [0.2, 0.25) is 0 Å². The van der Waals surface area contributed by atoms with Crippen LogP contribution in [0.25, 0.3) is 0 Å². The van der Waals surface area contributed by atoms with E-state index in [1.54, 1.807) is 42.3 Å². The first kappa shape index (κ1) is 19.9. The van der Waals surface area contributed by atoms with Gasteiger partial charge in [0.15, 0.2) is 0 Å². The molecule has 1 aliphatic heterocycles. The Bertz CT molecular complexity index is 800. The molecule has 7 nitrogen and oxygen atoms in total. The van der Waals surface area contributed by atoms with Crippen molar-refractivity contribution in [1.29, 1.82) is 0 Å². The molecule has 1 aromatic heterocycles. The molecule has 0 saturated carbocycles. The van der Waals surface area contributed by atoms with Crippen molar-refractivity contribution in [3.05, 3.63) is 41.9 Å². The fourth-order valence-electron chi connectivity index (χ4n) is 3.22. The van der Waals surface area contributed by atoms with Gasteiger partial charge in [0.1, 0.15) is 23.1 Å². The zero-order chi connectivity index (χ0) is 20.1. The molecule has 0 bridgehead atoms. The summed E-state index contributed by atoms with van der Waals surface area (Å²) < 4.78 is 20.2. The first-order valence-corrected chi connectivity index (χ1v) is 9.32. The van der Waals surface area contributed by atoms with Crippen molar-refractivity contribution in [3.8, 4) is 5.75 Å². The number of ether oxygens (including phenoxy) is 1. The maximum absolute atomic E-state index is 15.1. The summed E-state index contributed by atoms with van der Waals surface area (Å²) in [5.74, 6) is 2.00. The van der Waals surface area contributed by atoms with E-state index < -0.39 is 5.67 Å². The van der Waals surface area contributed by atoms with Crippen molar-refractivity contribution >= 4 is 17.5 Å². The minimum atomic E-state index is -1.37. The van der Waals surface area contributed by atoms with Crippen LogP contribution in [0.4, 0.5) is 20.7 Å². The van der Waals surface area contributed by atoms with Gasteiger partial charge in [-0.15, -0.1) is 0 Å². The molecule has 1 saturated heterocycles. The van der Waals surface area contributed by atoms with Gasteiger partial charge in [-0.1, -0.05) is 0 Å². The second-order valence-electron chi connectivity index (χ2n) is 7.09. The number of benzene rings is 1. The molecule has 1 aromatic carbocycles. The van der Waals surface area contributed by atoms with E-state index in [-0.39, 0.29) is 25.4 Å². The number of alkyl halides is 1. The average Bonchev–Trinajstić information content (AvgIpc) is 2.67. The van der Waals surface area contributed by atoms with Gasteiger partial charge >= 0.3 is 6.03 Å². The number of hydrogen-bond donors (Lipinski definition) is 2. The van der Waals surface area contributed by atoms with Crippen molar-refractivity contribution in [3.63, 3.8) is 0 Å². The monoisotopic (exact) mass is 387 g/mol. The fraction of sp³-hybridized carbons (Fsp3) is 0.450. The quantitative estimate of drug-likeness (QED) is 0.820. The van der Waals surface area contributed by atoms with Gasteiger partial charge in [0.25, 0.3) is 0 Å². The molecule has 150 valence electrons. The molecule has 2 N–H and O–H groups in total. The number of carbonyl (C=O) groups is 1. The van der Waals surface area contributed by atoms with E-state index in [1.807, 2.05) is 13.8 Å². The molecule has 0 unspecified atom stereocenters. The predicted octanol–water partition coefficient (Wildman–Crippen LogP) is 3.55. The van der Waals surface area contributed by atoms with Crippen LogP contribution in [0.5, 0.6) is 5.75 Å². The van der Waals surface area contributed by atoms with Crippen LogP contribution in [0.15, 0.2) is 30.3 Å². The minimum Gasteiger partial charge on any atom is -0.497 e. The minimum absolute atomic E-state index is 0.164. The number of methoxy groups -OCH3 is 1. The fourth-order valence-corrected chi connectivity index (χ4v) is 3.22. The van der Waals surface area contributed by atoms with Gasteiger partial charge in [0, 0.05) is 43.4 Å². The topological polar surface area (TPSA) is 79.4 Å². The number of carbonyl (C=O) groups excluding carboxylic acids is 1. The maximum Gasteiger partial charge on any atom is 0.321 e. The Morgan fingerprint density at radius 1 is 1.21 bits per heavy atom. The Kier molecular flexibility index (Phi) is 5.96. The molecule has 0 radical (unpaired) electrons. The van der Waals surface area contributed by atoms with Gasteiger partial charge in [0.2, 0.25) is 0 Å². The van der Waals surface area contributed by atoms with Crippen molar-refractivity contribution in [2.24, 2.45) is 0 Å². The highest BCUT2D eigenvalue weighted by molar-refractivity contribution is 5.89. The lowest BCUT2D eigenvalue weighted by Gasteiger charge is -2.36. The molecule has 0 atom stereocenters. The van der Waals surface area contributed by atoms with Crippen molar-refractivity contribution in [1.82, 2.24) is 14.9 Å². The van der Waals surface area contributed by atoms with Crippen LogP contribution < -0.4 is 15.4 Å². The Morgan fingerprint density at radius 2 is 1.89 bits per heavy atom. The first-order valence-electron chi connectivity index (χ1n) is 9.32. The smallest absolute Gasteiger partial charge is 0.321 e.